The minimum absolute atomic E-state index is 0.222. The Labute approximate surface area is 103 Å². The lowest BCUT2D eigenvalue weighted by atomic mass is 10.3. The monoisotopic (exact) mass is 228 g/mol. The normalized spacial score (nSPS) is 9.12. The minimum Gasteiger partial charge on any atom is -0.458 e. The van der Waals surface area contributed by atoms with Crippen LogP contribution in [0, 0.1) is 23.7 Å². The van der Waals surface area contributed by atoms with Crippen molar-refractivity contribution in [3.63, 3.8) is 0 Å². The molecule has 0 aromatic rings. The van der Waals surface area contributed by atoms with Crippen LogP contribution >= 0.6 is 0 Å². The highest BCUT2D eigenvalue weighted by Gasteiger charge is 1.93. The zero-order chi connectivity index (χ0) is 12.9. The first-order valence-corrected chi connectivity index (χ1v) is 5.25. The molecule has 88 valence electrons. The van der Waals surface area contributed by atoms with Gasteiger partial charge in [-0.3, -0.25) is 0 Å². The molecule has 0 aliphatic carbocycles. The maximum atomic E-state index is 11.1. The third kappa shape index (κ3) is 11.7. The van der Waals surface area contributed by atoms with Crippen LogP contribution in [-0.2, 0) is 9.53 Å². The summed E-state index contributed by atoms with van der Waals surface area (Å²) in [6, 6.07) is 0. The van der Waals surface area contributed by atoms with Crippen molar-refractivity contribution < 1.29 is 9.53 Å². The molecule has 0 bridgehead atoms. The summed E-state index contributed by atoms with van der Waals surface area (Å²) < 4.78 is 4.88. The molecule has 0 N–H and O–H groups in total. The van der Waals surface area contributed by atoms with Crippen molar-refractivity contribution in [3.8, 4) is 23.7 Å². The highest BCUT2D eigenvalue weighted by atomic mass is 16.5. The van der Waals surface area contributed by atoms with E-state index >= 15 is 0 Å². The van der Waals surface area contributed by atoms with Gasteiger partial charge in [-0.2, -0.15) is 0 Å². The third-order valence-corrected chi connectivity index (χ3v) is 1.39. The highest BCUT2D eigenvalue weighted by molar-refractivity contribution is 5.82. The SMILES string of the molecule is C/C=C\C#CC#C/C=C/COC(=O)C=C(C)C. The first-order chi connectivity index (χ1) is 8.16. The number of hydrogen-bond acceptors (Lipinski definition) is 2. The van der Waals surface area contributed by atoms with Gasteiger partial charge in [0, 0.05) is 6.08 Å². The fraction of sp³-hybridized carbons (Fsp3) is 0.267. The Bertz CT molecular complexity index is 439. The molecule has 0 atom stereocenters. The molecule has 17 heavy (non-hydrogen) atoms. The molecule has 0 saturated carbocycles. The van der Waals surface area contributed by atoms with E-state index in [1.54, 1.807) is 18.2 Å². The van der Waals surface area contributed by atoms with Crippen molar-refractivity contribution in [2.45, 2.75) is 20.8 Å². The van der Waals surface area contributed by atoms with Crippen LogP contribution < -0.4 is 0 Å². The molecule has 0 saturated heterocycles. The van der Waals surface area contributed by atoms with E-state index in [1.807, 2.05) is 26.8 Å². The first kappa shape index (κ1) is 14.8. The van der Waals surface area contributed by atoms with Crippen LogP contribution in [0.3, 0.4) is 0 Å². The Hall–Kier alpha value is -2.19. The molecule has 2 nitrogen and oxygen atoms in total. The number of ether oxygens (including phenoxy) is 1. The van der Waals surface area contributed by atoms with E-state index in [2.05, 4.69) is 23.7 Å². The lowest BCUT2D eigenvalue weighted by Crippen LogP contribution is -2.00. The van der Waals surface area contributed by atoms with Crippen molar-refractivity contribution in [2.75, 3.05) is 6.61 Å². The smallest absolute Gasteiger partial charge is 0.330 e. The number of hydrogen-bond donors (Lipinski definition) is 0. The molecule has 0 aliphatic rings. The maximum absolute atomic E-state index is 11.1. The molecule has 0 fully saturated rings. The van der Waals surface area contributed by atoms with E-state index in [-0.39, 0.29) is 12.6 Å². The van der Waals surface area contributed by atoms with E-state index in [0.29, 0.717) is 0 Å². The fourth-order valence-electron chi connectivity index (χ4n) is 0.753. The number of rotatable bonds is 3. The first-order valence-electron chi connectivity index (χ1n) is 5.25. The molecular formula is C15H16O2. The Morgan fingerprint density at radius 3 is 2.41 bits per heavy atom. The topological polar surface area (TPSA) is 26.3 Å². The predicted octanol–water partition coefficient (Wildman–Crippen LogP) is 2.63. The van der Waals surface area contributed by atoms with Crippen LogP contribution in [0.4, 0.5) is 0 Å². The fourth-order valence-corrected chi connectivity index (χ4v) is 0.753. The zero-order valence-electron chi connectivity index (χ0n) is 10.4. The van der Waals surface area contributed by atoms with E-state index in [4.69, 9.17) is 4.74 Å². The van der Waals surface area contributed by atoms with Gasteiger partial charge in [0.15, 0.2) is 0 Å². The van der Waals surface area contributed by atoms with Gasteiger partial charge in [-0.15, -0.1) is 0 Å². The summed E-state index contributed by atoms with van der Waals surface area (Å²) in [6.45, 7) is 5.79. The van der Waals surface area contributed by atoms with E-state index in [1.165, 1.54) is 6.08 Å². The number of carbonyl (C=O) groups is 1. The second-order valence-electron chi connectivity index (χ2n) is 3.29. The quantitative estimate of drug-likeness (QED) is 0.421. The standard InChI is InChI=1S/C15H16O2/c1-4-5-6-7-8-9-10-11-12-17-15(16)13-14(2)3/h4-5,10-11,13H,12H2,1-3H3/b5-4-,11-10+. The maximum Gasteiger partial charge on any atom is 0.330 e. The summed E-state index contributed by atoms with van der Waals surface area (Å²) >= 11 is 0. The summed E-state index contributed by atoms with van der Waals surface area (Å²) in [5.41, 5.74) is 0.915. The van der Waals surface area contributed by atoms with Gasteiger partial charge < -0.3 is 4.74 Å². The highest BCUT2D eigenvalue weighted by Crippen LogP contribution is 1.90. The summed E-state index contributed by atoms with van der Waals surface area (Å²) in [7, 11) is 0. The van der Waals surface area contributed by atoms with Crippen molar-refractivity contribution >= 4 is 5.97 Å². The molecule has 0 rings (SSSR count). The van der Waals surface area contributed by atoms with Crippen LogP contribution in [0.5, 0.6) is 0 Å². The van der Waals surface area contributed by atoms with Crippen LogP contribution in [0.25, 0.3) is 0 Å². The molecule has 0 aliphatic heterocycles. The number of carbonyl (C=O) groups excluding carboxylic acids is 1. The third-order valence-electron chi connectivity index (χ3n) is 1.39. The molecule has 0 heterocycles. The molecular weight excluding hydrogens is 212 g/mol. The van der Waals surface area contributed by atoms with E-state index in [9.17, 15) is 4.79 Å². The van der Waals surface area contributed by atoms with Crippen LogP contribution in [-0.4, -0.2) is 12.6 Å². The summed E-state index contributed by atoms with van der Waals surface area (Å²) in [5.74, 6) is 10.4. The molecule has 0 aromatic carbocycles. The zero-order valence-corrected chi connectivity index (χ0v) is 10.4. The van der Waals surface area contributed by atoms with Crippen molar-refractivity contribution in [3.05, 3.63) is 36.0 Å². The Morgan fingerprint density at radius 1 is 1.18 bits per heavy atom. The van der Waals surface area contributed by atoms with Crippen LogP contribution in [0.1, 0.15) is 20.8 Å². The molecule has 0 amide bonds. The molecule has 0 unspecified atom stereocenters. The van der Waals surface area contributed by atoms with Crippen molar-refractivity contribution in [2.24, 2.45) is 0 Å². The van der Waals surface area contributed by atoms with Gasteiger partial charge in [-0.1, -0.05) is 23.5 Å². The van der Waals surface area contributed by atoms with Crippen LogP contribution in [0.2, 0.25) is 0 Å². The van der Waals surface area contributed by atoms with Gasteiger partial charge in [0.2, 0.25) is 0 Å². The summed E-state index contributed by atoms with van der Waals surface area (Å²) in [4.78, 5) is 11.1. The lowest BCUT2D eigenvalue weighted by molar-refractivity contribution is -0.136. The summed E-state index contributed by atoms with van der Waals surface area (Å²) in [6.07, 6.45) is 8.29. The van der Waals surface area contributed by atoms with Crippen LogP contribution in [0.15, 0.2) is 36.0 Å². The van der Waals surface area contributed by atoms with Crippen molar-refractivity contribution in [1.82, 2.24) is 0 Å². The van der Waals surface area contributed by atoms with Crippen molar-refractivity contribution in [1.29, 1.82) is 0 Å². The molecule has 0 radical (unpaired) electrons. The Morgan fingerprint density at radius 2 is 1.82 bits per heavy atom. The van der Waals surface area contributed by atoms with E-state index in [0.717, 1.165) is 5.57 Å². The molecule has 2 heteroatoms. The minimum atomic E-state index is -0.338. The molecule has 0 spiro atoms. The van der Waals surface area contributed by atoms with E-state index < -0.39 is 0 Å². The van der Waals surface area contributed by atoms with Gasteiger partial charge in [0.05, 0.1) is 0 Å². The van der Waals surface area contributed by atoms with Gasteiger partial charge >= 0.3 is 5.97 Å². The Kier molecular flexibility index (Phi) is 9.00. The lowest BCUT2D eigenvalue weighted by Gasteiger charge is -1.95. The second kappa shape index (κ2) is 10.3. The number of esters is 1. The summed E-state index contributed by atoms with van der Waals surface area (Å²) in [5, 5.41) is 0. The number of allylic oxidation sites excluding steroid dienone is 4. The van der Waals surface area contributed by atoms with Gasteiger partial charge in [0.1, 0.15) is 6.61 Å². The largest absolute Gasteiger partial charge is 0.458 e. The average Bonchev–Trinajstić information content (AvgIpc) is 2.26. The predicted molar refractivity (Wildman–Crippen MR) is 69.9 cm³/mol. The Balaban J connectivity index is 3.88. The van der Waals surface area contributed by atoms with Gasteiger partial charge in [-0.05, 0) is 50.8 Å². The van der Waals surface area contributed by atoms with Gasteiger partial charge in [0.25, 0.3) is 0 Å². The molecule has 0 aromatic heterocycles. The second-order valence-corrected chi connectivity index (χ2v) is 3.29. The average molecular weight is 228 g/mol. The van der Waals surface area contributed by atoms with Gasteiger partial charge in [-0.25, -0.2) is 4.79 Å².